The molecule has 7 heteroatoms. The molecule has 0 saturated carbocycles. The van der Waals surface area contributed by atoms with Crippen LogP contribution in [0.2, 0.25) is 5.02 Å². The molecule has 0 spiro atoms. The fourth-order valence-corrected chi connectivity index (χ4v) is 2.21. The summed E-state index contributed by atoms with van der Waals surface area (Å²) in [5.74, 6) is -0.123. The van der Waals surface area contributed by atoms with Crippen molar-refractivity contribution in [2.24, 2.45) is 0 Å². The highest BCUT2D eigenvalue weighted by atomic mass is 35.5. The van der Waals surface area contributed by atoms with Crippen molar-refractivity contribution in [1.29, 1.82) is 0 Å². The van der Waals surface area contributed by atoms with Crippen LogP contribution in [0.5, 0.6) is 0 Å². The Bertz CT molecular complexity index is 422. The quantitative estimate of drug-likeness (QED) is 0.878. The Labute approximate surface area is 130 Å². The molecule has 1 saturated heterocycles. The normalized spacial score (nSPS) is 16.7. The van der Waals surface area contributed by atoms with Crippen molar-refractivity contribution in [1.82, 2.24) is 15.6 Å². The van der Waals surface area contributed by atoms with Gasteiger partial charge < -0.3 is 10.6 Å². The summed E-state index contributed by atoms with van der Waals surface area (Å²) in [5, 5.41) is 6.73. The zero-order valence-corrected chi connectivity index (χ0v) is 13.0. The van der Waals surface area contributed by atoms with Crippen LogP contribution in [0.4, 0.5) is 0 Å². The maximum Gasteiger partial charge on any atom is 0.253 e. The number of piperidine rings is 1. The van der Waals surface area contributed by atoms with E-state index in [1.54, 1.807) is 12.3 Å². The van der Waals surface area contributed by atoms with E-state index in [9.17, 15) is 4.79 Å². The van der Waals surface area contributed by atoms with Gasteiger partial charge in [0.1, 0.15) is 0 Å². The lowest BCUT2D eigenvalue weighted by molar-refractivity contribution is 0.0887. The Morgan fingerprint density at radius 3 is 2.63 bits per heavy atom. The first-order valence-corrected chi connectivity index (χ1v) is 6.11. The minimum atomic E-state index is -0.144. The molecule has 1 fully saturated rings. The molecule has 2 rings (SSSR count). The fraction of sp³-hybridized carbons (Fsp3) is 0.500. The molecule has 2 heterocycles. The summed E-state index contributed by atoms with van der Waals surface area (Å²) >= 11 is 5.95. The molecular formula is C12H18Cl3N3O. The second-order valence-corrected chi connectivity index (χ2v) is 5.03. The van der Waals surface area contributed by atoms with Crippen molar-refractivity contribution in [2.75, 3.05) is 13.1 Å². The molecule has 1 amide bonds. The third kappa shape index (κ3) is 4.80. The first-order valence-electron chi connectivity index (χ1n) is 5.73. The Hall–Kier alpha value is -0.550. The summed E-state index contributed by atoms with van der Waals surface area (Å²) in [4.78, 5) is 16.0. The molecule has 0 aromatic carbocycles. The molecule has 0 aliphatic carbocycles. The molecule has 1 aliphatic rings. The Morgan fingerprint density at radius 1 is 1.42 bits per heavy atom. The highest BCUT2D eigenvalue weighted by molar-refractivity contribution is 6.33. The molecule has 0 bridgehead atoms. The van der Waals surface area contributed by atoms with E-state index in [-0.39, 0.29) is 36.3 Å². The summed E-state index contributed by atoms with van der Waals surface area (Å²) in [6.07, 6.45) is 4.93. The maximum atomic E-state index is 12.1. The van der Waals surface area contributed by atoms with Gasteiger partial charge >= 0.3 is 0 Å². The number of carbonyl (C=O) groups is 1. The topological polar surface area (TPSA) is 54.0 Å². The highest BCUT2D eigenvalue weighted by Crippen LogP contribution is 2.20. The van der Waals surface area contributed by atoms with E-state index in [1.165, 1.54) is 6.20 Å². The number of hydrogen-bond acceptors (Lipinski definition) is 3. The summed E-state index contributed by atoms with van der Waals surface area (Å²) in [6.45, 7) is 3.93. The van der Waals surface area contributed by atoms with E-state index in [1.807, 2.05) is 0 Å². The van der Waals surface area contributed by atoms with Crippen molar-refractivity contribution in [3.8, 4) is 0 Å². The maximum absolute atomic E-state index is 12.1. The van der Waals surface area contributed by atoms with Gasteiger partial charge in [0.2, 0.25) is 0 Å². The predicted octanol–water partition coefficient (Wildman–Crippen LogP) is 2.45. The van der Waals surface area contributed by atoms with Crippen LogP contribution in [-0.4, -0.2) is 29.5 Å². The van der Waals surface area contributed by atoms with Crippen LogP contribution in [-0.2, 0) is 0 Å². The van der Waals surface area contributed by atoms with Crippen LogP contribution >= 0.6 is 36.4 Å². The monoisotopic (exact) mass is 325 g/mol. The molecule has 0 unspecified atom stereocenters. The van der Waals surface area contributed by atoms with Crippen molar-refractivity contribution in [3.05, 3.63) is 29.0 Å². The van der Waals surface area contributed by atoms with Gasteiger partial charge in [0.15, 0.2) is 0 Å². The van der Waals surface area contributed by atoms with Crippen LogP contribution in [0.1, 0.15) is 30.1 Å². The molecule has 1 aromatic heterocycles. The van der Waals surface area contributed by atoms with Gasteiger partial charge in [-0.2, -0.15) is 0 Å². The van der Waals surface area contributed by atoms with Crippen LogP contribution in [0.15, 0.2) is 18.5 Å². The fourth-order valence-electron chi connectivity index (χ4n) is 2.00. The number of halogens is 3. The second-order valence-electron chi connectivity index (χ2n) is 4.62. The minimum Gasteiger partial charge on any atom is -0.347 e. The number of rotatable bonds is 2. The van der Waals surface area contributed by atoms with E-state index in [0.29, 0.717) is 10.6 Å². The number of nitrogens with one attached hydrogen (secondary N) is 2. The van der Waals surface area contributed by atoms with Gasteiger partial charge in [-0.25, -0.2) is 0 Å². The average Bonchev–Trinajstić information content (AvgIpc) is 2.29. The van der Waals surface area contributed by atoms with Gasteiger partial charge in [-0.15, -0.1) is 24.8 Å². The van der Waals surface area contributed by atoms with Gasteiger partial charge in [-0.05, 0) is 38.9 Å². The van der Waals surface area contributed by atoms with Crippen LogP contribution < -0.4 is 10.6 Å². The Balaban J connectivity index is 0.00000162. The van der Waals surface area contributed by atoms with Crippen molar-refractivity contribution in [2.45, 2.75) is 25.3 Å². The lowest BCUT2D eigenvalue weighted by Gasteiger charge is -2.35. The van der Waals surface area contributed by atoms with Gasteiger partial charge in [-0.3, -0.25) is 9.78 Å². The summed E-state index contributed by atoms with van der Waals surface area (Å²) in [7, 11) is 0. The number of hydrogen-bond donors (Lipinski definition) is 2. The molecule has 2 N–H and O–H groups in total. The number of carbonyl (C=O) groups excluding carboxylic acids is 1. The molecule has 1 aliphatic heterocycles. The number of pyridine rings is 1. The zero-order valence-electron chi connectivity index (χ0n) is 10.6. The Kier molecular flexibility index (Phi) is 7.67. The first-order chi connectivity index (χ1) is 8.11. The van der Waals surface area contributed by atoms with E-state index in [2.05, 4.69) is 22.5 Å². The second kappa shape index (κ2) is 7.90. The van der Waals surface area contributed by atoms with Crippen LogP contribution in [0, 0.1) is 0 Å². The standard InChI is InChI=1S/C12H16ClN3O.2ClH/c1-12(3-6-14-7-4-12)16-11(17)9-2-5-15-8-10(9)13;;/h2,5,8,14H,3-4,6-7H2,1H3,(H,16,17);2*1H. The van der Waals surface area contributed by atoms with Crippen LogP contribution in [0.3, 0.4) is 0 Å². The van der Waals surface area contributed by atoms with E-state index < -0.39 is 0 Å². The average molecular weight is 327 g/mol. The lowest BCUT2D eigenvalue weighted by atomic mass is 9.90. The highest BCUT2D eigenvalue weighted by Gasteiger charge is 2.29. The van der Waals surface area contributed by atoms with Gasteiger partial charge in [-0.1, -0.05) is 11.6 Å². The lowest BCUT2D eigenvalue weighted by Crippen LogP contribution is -2.52. The molecule has 4 nitrogen and oxygen atoms in total. The van der Waals surface area contributed by atoms with Crippen molar-refractivity contribution >= 4 is 42.3 Å². The molecule has 108 valence electrons. The van der Waals surface area contributed by atoms with Crippen molar-refractivity contribution in [3.63, 3.8) is 0 Å². The molecule has 19 heavy (non-hydrogen) atoms. The smallest absolute Gasteiger partial charge is 0.253 e. The predicted molar refractivity (Wildman–Crippen MR) is 81.7 cm³/mol. The zero-order chi connectivity index (χ0) is 12.3. The number of aromatic nitrogens is 1. The summed E-state index contributed by atoms with van der Waals surface area (Å²) in [5.41, 5.74) is 0.344. The molecule has 1 aromatic rings. The van der Waals surface area contributed by atoms with Crippen molar-refractivity contribution < 1.29 is 4.79 Å². The molecule has 0 radical (unpaired) electrons. The largest absolute Gasteiger partial charge is 0.347 e. The first kappa shape index (κ1) is 18.4. The summed E-state index contributed by atoms with van der Waals surface area (Å²) in [6, 6.07) is 1.64. The number of nitrogens with zero attached hydrogens (tertiary/aromatic N) is 1. The molecule has 0 atom stereocenters. The number of amides is 1. The van der Waals surface area contributed by atoms with E-state index >= 15 is 0 Å². The Morgan fingerprint density at radius 2 is 2.05 bits per heavy atom. The van der Waals surface area contributed by atoms with Gasteiger partial charge in [0, 0.05) is 17.9 Å². The van der Waals surface area contributed by atoms with Gasteiger partial charge in [0.25, 0.3) is 5.91 Å². The van der Waals surface area contributed by atoms with E-state index in [0.717, 1.165) is 25.9 Å². The van der Waals surface area contributed by atoms with Crippen LogP contribution in [0.25, 0.3) is 0 Å². The SMILES string of the molecule is CC1(NC(=O)c2ccncc2Cl)CCNCC1.Cl.Cl. The van der Waals surface area contributed by atoms with Gasteiger partial charge in [0.05, 0.1) is 10.6 Å². The summed E-state index contributed by atoms with van der Waals surface area (Å²) < 4.78 is 0. The van der Waals surface area contributed by atoms with E-state index in [4.69, 9.17) is 11.6 Å². The molecular weight excluding hydrogens is 309 g/mol. The minimum absolute atomic E-state index is 0. The third-order valence-electron chi connectivity index (χ3n) is 3.14. The third-order valence-corrected chi connectivity index (χ3v) is 3.44.